The predicted octanol–water partition coefficient (Wildman–Crippen LogP) is 2.34. The molecule has 1 aliphatic rings. The van der Waals surface area contributed by atoms with Crippen LogP contribution in [0.4, 0.5) is 9.93 Å². The molecular formula is C13H18N6OS. The van der Waals surface area contributed by atoms with Gasteiger partial charge in [0.05, 0.1) is 12.2 Å². The highest BCUT2D eigenvalue weighted by Gasteiger charge is 2.27. The number of hydrogen-bond acceptors (Lipinski definition) is 5. The zero-order valence-electron chi connectivity index (χ0n) is 12.3. The fourth-order valence-electron chi connectivity index (χ4n) is 2.13. The van der Waals surface area contributed by atoms with Crippen LogP contribution in [0.15, 0.2) is 6.20 Å². The van der Waals surface area contributed by atoms with Crippen LogP contribution in [-0.2, 0) is 7.05 Å². The lowest BCUT2D eigenvalue weighted by Gasteiger charge is -2.13. The molecule has 1 saturated carbocycles. The molecule has 21 heavy (non-hydrogen) atoms. The van der Waals surface area contributed by atoms with Crippen molar-refractivity contribution in [3.05, 3.63) is 22.5 Å². The van der Waals surface area contributed by atoms with Gasteiger partial charge in [0.15, 0.2) is 0 Å². The molecule has 0 unspecified atom stereocenters. The van der Waals surface area contributed by atoms with E-state index in [4.69, 9.17) is 0 Å². The number of hydrogen-bond donors (Lipinski definition) is 2. The van der Waals surface area contributed by atoms with Crippen molar-refractivity contribution in [2.45, 2.75) is 38.6 Å². The SMILES string of the molecule is Cc1c([C@@H](C)NC(=O)Nc2nnc(C3CC3)s2)cnn1C. The van der Waals surface area contributed by atoms with Crippen LogP contribution >= 0.6 is 11.3 Å². The number of aromatic nitrogens is 4. The van der Waals surface area contributed by atoms with E-state index >= 15 is 0 Å². The minimum Gasteiger partial charge on any atom is -0.331 e. The standard InChI is InChI=1S/C13H18N6OS/c1-7(10-6-14-19(3)8(10)2)15-12(20)16-13-18-17-11(21-13)9-4-5-9/h6-7,9H,4-5H2,1-3H3,(H2,15,16,18,20)/t7-/m1/s1. The first kappa shape index (κ1) is 14.0. The third kappa shape index (κ3) is 3.05. The lowest BCUT2D eigenvalue weighted by atomic mass is 10.1. The number of carbonyl (C=O) groups is 1. The molecule has 0 radical (unpaired) electrons. The molecule has 8 heteroatoms. The van der Waals surface area contributed by atoms with Crippen LogP contribution in [0.5, 0.6) is 0 Å². The average Bonchev–Trinajstić information content (AvgIpc) is 3.10. The number of anilines is 1. The first-order valence-electron chi connectivity index (χ1n) is 6.94. The van der Waals surface area contributed by atoms with Crippen LogP contribution < -0.4 is 10.6 Å². The maximum Gasteiger partial charge on any atom is 0.321 e. The number of rotatable bonds is 4. The Balaban J connectivity index is 1.58. The van der Waals surface area contributed by atoms with Crippen LogP contribution in [0.2, 0.25) is 0 Å². The van der Waals surface area contributed by atoms with E-state index in [1.54, 1.807) is 10.9 Å². The summed E-state index contributed by atoms with van der Waals surface area (Å²) in [6, 6.07) is -0.390. The van der Waals surface area contributed by atoms with Gasteiger partial charge in [-0.25, -0.2) is 4.79 Å². The number of aryl methyl sites for hydroxylation is 1. The van der Waals surface area contributed by atoms with Gasteiger partial charge in [-0.3, -0.25) is 10.00 Å². The van der Waals surface area contributed by atoms with Crippen LogP contribution in [-0.4, -0.2) is 26.0 Å². The van der Waals surface area contributed by atoms with Crippen molar-refractivity contribution in [2.24, 2.45) is 7.05 Å². The van der Waals surface area contributed by atoms with Crippen LogP contribution in [0, 0.1) is 6.92 Å². The maximum absolute atomic E-state index is 12.0. The summed E-state index contributed by atoms with van der Waals surface area (Å²) >= 11 is 1.45. The fourth-order valence-corrected chi connectivity index (χ4v) is 3.04. The molecule has 2 amide bonds. The zero-order valence-corrected chi connectivity index (χ0v) is 13.1. The van der Waals surface area contributed by atoms with E-state index in [1.807, 2.05) is 20.9 Å². The van der Waals surface area contributed by atoms with E-state index < -0.39 is 0 Å². The van der Waals surface area contributed by atoms with Crippen molar-refractivity contribution in [3.63, 3.8) is 0 Å². The predicted molar refractivity (Wildman–Crippen MR) is 80.4 cm³/mol. The van der Waals surface area contributed by atoms with E-state index in [1.165, 1.54) is 24.2 Å². The van der Waals surface area contributed by atoms with E-state index in [0.717, 1.165) is 16.3 Å². The second-order valence-corrected chi connectivity index (χ2v) is 6.36. The summed E-state index contributed by atoms with van der Waals surface area (Å²) in [6.07, 6.45) is 4.13. The van der Waals surface area contributed by atoms with E-state index in [-0.39, 0.29) is 12.1 Å². The van der Waals surface area contributed by atoms with Gasteiger partial charge in [0.1, 0.15) is 5.01 Å². The summed E-state index contributed by atoms with van der Waals surface area (Å²) in [4.78, 5) is 12.0. The summed E-state index contributed by atoms with van der Waals surface area (Å²) in [5, 5.41) is 19.5. The van der Waals surface area contributed by atoms with Crippen LogP contribution in [0.25, 0.3) is 0 Å². The van der Waals surface area contributed by atoms with E-state index in [9.17, 15) is 4.79 Å². The first-order chi connectivity index (χ1) is 10.0. The number of nitrogens with zero attached hydrogens (tertiary/aromatic N) is 4. The summed E-state index contributed by atoms with van der Waals surface area (Å²) < 4.78 is 1.79. The van der Waals surface area contributed by atoms with Crippen molar-refractivity contribution in [1.29, 1.82) is 0 Å². The Bertz CT molecular complexity index is 659. The normalized spacial score (nSPS) is 15.8. The van der Waals surface area contributed by atoms with Gasteiger partial charge in [0.25, 0.3) is 0 Å². The molecule has 7 nitrogen and oxygen atoms in total. The van der Waals surface area contributed by atoms with Crippen molar-refractivity contribution >= 4 is 22.5 Å². The molecule has 112 valence electrons. The minimum absolute atomic E-state index is 0.116. The Kier molecular flexibility index (Phi) is 3.62. The van der Waals surface area contributed by atoms with Gasteiger partial charge in [-0.05, 0) is 26.7 Å². The first-order valence-corrected chi connectivity index (χ1v) is 7.75. The highest BCUT2D eigenvalue weighted by Crippen LogP contribution is 2.42. The molecule has 1 aliphatic carbocycles. The topological polar surface area (TPSA) is 84.7 Å². The summed E-state index contributed by atoms with van der Waals surface area (Å²) in [7, 11) is 1.88. The Morgan fingerprint density at radius 2 is 2.24 bits per heavy atom. The summed E-state index contributed by atoms with van der Waals surface area (Å²) in [5.41, 5.74) is 2.04. The smallest absolute Gasteiger partial charge is 0.321 e. The molecule has 2 aromatic rings. The van der Waals surface area contributed by atoms with Crippen LogP contribution in [0.1, 0.15) is 48.0 Å². The number of carbonyl (C=O) groups excluding carboxylic acids is 1. The summed E-state index contributed by atoms with van der Waals surface area (Å²) in [5.74, 6) is 0.554. The third-order valence-corrected chi connectivity index (χ3v) is 4.68. The summed E-state index contributed by atoms with van der Waals surface area (Å²) in [6.45, 7) is 3.91. The van der Waals surface area contributed by atoms with Gasteiger partial charge in [-0.15, -0.1) is 10.2 Å². The van der Waals surface area contributed by atoms with Gasteiger partial charge in [0, 0.05) is 24.2 Å². The van der Waals surface area contributed by atoms with Crippen molar-refractivity contribution in [1.82, 2.24) is 25.3 Å². The maximum atomic E-state index is 12.0. The molecular weight excluding hydrogens is 288 g/mol. The van der Waals surface area contributed by atoms with Gasteiger partial charge < -0.3 is 5.32 Å². The molecule has 3 rings (SSSR count). The molecule has 0 aliphatic heterocycles. The lowest BCUT2D eigenvalue weighted by molar-refractivity contribution is 0.249. The quantitative estimate of drug-likeness (QED) is 0.908. The largest absolute Gasteiger partial charge is 0.331 e. The van der Waals surface area contributed by atoms with E-state index in [0.29, 0.717) is 11.0 Å². The Labute approximate surface area is 126 Å². The molecule has 0 aromatic carbocycles. The second kappa shape index (κ2) is 5.44. The van der Waals surface area contributed by atoms with Gasteiger partial charge in [-0.2, -0.15) is 5.10 Å². The Morgan fingerprint density at radius 3 is 2.86 bits per heavy atom. The van der Waals surface area contributed by atoms with Crippen molar-refractivity contribution in [3.8, 4) is 0 Å². The monoisotopic (exact) mass is 306 g/mol. The van der Waals surface area contributed by atoms with Crippen molar-refractivity contribution in [2.75, 3.05) is 5.32 Å². The Hall–Kier alpha value is -1.96. The van der Waals surface area contributed by atoms with Gasteiger partial charge in [-0.1, -0.05) is 11.3 Å². The average molecular weight is 306 g/mol. The number of amides is 2. The minimum atomic E-state index is -0.274. The van der Waals surface area contributed by atoms with Crippen molar-refractivity contribution < 1.29 is 4.79 Å². The van der Waals surface area contributed by atoms with Gasteiger partial charge >= 0.3 is 6.03 Å². The third-order valence-electron chi connectivity index (χ3n) is 3.68. The zero-order chi connectivity index (χ0) is 15.0. The molecule has 2 aromatic heterocycles. The second-order valence-electron chi connectivity index (χ2n) is 5.35. The molecule has 0 saturated heterocycles. The lowest BCUT2D eigenvalue weighted by Crippen LogP contribution is -2.31. The molecule has 0 spiro atoms. The molecule has 0 bridgehead atoms. The molecule has 2 heterocycles. The number of nitrogens with one attached hydrogen (secondary N) is 2. The number of urea groups is 1. The highest BCUT2D eigenvalue weighted by atomic mass is 32.1. The van der Waals surface area contributed by atoms with Crippen LogP contribution in [0.3, 0.4) is 0 Å². The molecule has 2 N–H and O–H groups in total. The van der Waals surface area contributed by atoms with E-state index in [2.05, 4.69) is 25.9 Å². The molecule has 1 fully saturated rings. The fraction of sp³-hybridized carbons (Fsp3) is 0.538. The van der Waals surface area contributed by atoms with Gasteiger partial charge in [0.2, 0.25) is 5.13 Å². The highest BCUT2D eigenvalue weighted by molar-refractivity contribution is 7.15. The Morgan fingerprint density at radius 1 is 1.48 bits per heavy atom. The molecule has 1 atom stereocenters.